The Balaban J connectivity index is 2.07. The average molecular weight is 356 g/mol. The van der Waals surface area contributed by atoms with Crippen LogP contribution in [-0.4, -0.2) is 31.0 Å². The number of nitro groups is 1. The van der Waals surface area contributed by atoms with Gasteiger partial charge in [-0.3, -0.25) is 14.9 Å². The molecule has 7 heteroatoms. The SMILES string of the molecule is CNC(=O)CC1CCN(c2cc(Br)ccc2[N+](=O)[O-])CC1. The minimum atomic E-state index is -0.349. The Hall–Kier alpha value is -1.63. The molecule has 6 nitrogen and oxygen atoms in total. The van der Waals surface area contributed by atoms with Crippen molar-refractivity contribution in [1.29, 1.82) is 0 Å². The monoisotopic (exact) mass is 355 g/mol. The van der Waals surface area contributed by atoms with E-state index in [1.807, 2.05) is 4.90 Å². The van der Waals surface area contributed by atoms with Gasteiger partial charge in [-0.05, 0) is 30.9 Å². The Kier molecular flexibility index (Phi) is 5.17. The zero-order chi connectivity index (χ0) is 15.4. The van der Waals surface area contributed by atoms with Gasteiger partial charge in [-0.25, -0.2) is 0 Å². The third-order valence-electron chi connectivity index (χ3n) is 3.84. The van der Waals surface area contributed by atoms with Crippen LogP contribution in [0.25, 0.3) is 0 Å². The second-order valence-corrected chi connectivity index (χ2v) is 6.11. The van der Waals surface area contributed by atoms with E-state index in [-0.39, 0.29) is 16.5 Å². The van der Waals surface area contributed by atoms with Crippen LogP contribution in [0.15, 0.2) is 22.7 Å². The average Bonchev–Trinajstić information content (AvgIpc) is 2.47. The maximum Gasteiger partial charge on any atom is 0.292 e. The molecule has 114 valence electrons. The van der Waals surface area contributed by atoms with Gasteiger partial charge >= 0.3 is 0 Å². The number of hydrogen-bond acceptors (Lipinski definition) is 4. The Morgan fingerprint density at radius 3 is 2.71 bits per heavy atom. The van der Waals surface area contributed by atoms with Gasteiger partial charge in [-0.1, -0.05) is 15.9 Å². The zero-order valence-corrected chi connectivity index (χ0v) is 13.4. The molecule has 1 aromatic rings. The molecule has 1 saturated heterocycles. The van der Waals surface area contributed by atoms with E-state index < -0.39 is 0 Å². The van der Waals surface area contributed by atoms with Crippen molar-refractivity contribution in [2.24, 2.45) is 5.92 Å². The van der Waals surface area contributed by atoms with E-state index in [0.717, 1.165) is 30.4 Å². The molecule has 0 unspecified atom stereocenters. The van der Waals surface area contributed by atoms with E-state index >= 15 is 0 Å². The van der Waals surface area contributed by atoms with Crippen molar-refractivity contribution in [3.05, 3.63) is 32.8 Å². The standard InChI is InChI=1S/C14H18BrN3O3/c1-16-14(19)8-10-4-6-17(7-5-10)13-9-11(15)2-3-12(13)18(20)21/h2-3,9-10H,4-8H2,1H3,(H,16,19). The molecule has 1 amide bonds. The molecule has 0 aromatic heterocycles. The fraction of sp³-hybridized carbons (Fsp3) is 0.500. The summed E-state index contributed by atoms with van der Waals surface area (Å²) >= 11 is 3.36. The minimum absolute atomic E-state index is 0.0573. The van der Waals surface area contributed by atoms with Crippen LogP contribution in [0.4, 0.5) is 11.4 Å². The number of nitrogens with one attached hydrogen (secondary N) is 1. The number of piperidine rings is 1. The van der Waals surface area contributed by atoms with Crippen LogP contribution in [0, 0.1) is 16.0 Å². The first kappa shape index (κ1) is 15.8. The van der Waals surface area contributed by atoms with Crippen molar-refractivity contribution in [2.75, 3.05) is 25.0 Å². The van der Waals surface area contributed by atoms with Gasteiger partial charge in [0.2, 0.25) is 5.91 Å². The quantitative estimate of drug-likeness (QED) is 0.665. The highest BCUT2D eigenvalue weighted by atomic mass is 79.9. The lowest BCUT2D eigenvalue weighted by Gasteiger charge is -2.33. The van der Waals surface area contributed by atoms with E-state index in [9.17, 15) is 14.9 Å². The summed E-state index contributed by atoms with van der Waals surface area (Å²) in [5.74, 6) is 0.411. The minimum Gasteiger partial charge on any atom is -0.366 e. The number of rotatable bonds is 4. The molecule has 0 aliphatic carbocycles. The molecule has 2 rings (SSSR count). The smallest absolute Gasteiger partial charge is 0.292 e. The molecular formula is C14H18BrN3O3. The molecule has 1 aliphatic rings. The topological polar surface area (TPSA) is 75.5 Å². The van der Waals surface area contributed by atoms with E-state index in [2.05, 4.69) is 21.2 Å². The molecule has 1 N–H and O–H groups in total. The predicted molar refractivity (Wildman–Crippen MR) is 84.4 cm³/mol. The summed E-state index contributed by atoms with van der Waals surface area (Å²) in [6.45, 7) is 1.47. The van der Waals surface area contributed by atoms with Crippen molar-refractivity contribution >= 4 is 33.2 Å². The van der Waals surface area contributed by atoms with Crippen molar-refractivity contribution in [3.8, 4) is 0 Å². The Bertz CT molecular complexity index is 542. The Morgan fingerprint density at radius 1 is 1.48 bits per heavy atom. The number of nitrogens with zero attached hydrogens (tertiary/aromatic N) is 2. The number of anilines is 1. The van der Waals surface area contributed by atoms with Crippen LogP contribution in [0.2, 0.25) is 0 Å². The molecule has 1 aliphatic heterocycles. The van der Waals surface area contributed by atoms with Crippen LogP contribution >= 0.6 is 15.9 Å². The van der Waals surface area contributed by atoms with Gasteiger partial charge in [0.1, 0.15) is 5.69 Å². The zero-order valence-electron chi connectivity index (χ0n) is 11.8. The van der Waals surface area contributed by atoms with Gasteiger partial charge in [0.25, 0.3) is 5.69 Å². The fourth-order valence-electron chi connectivity index (χ4n) is 2.65. The van der Waals surface area contributed by atoms with Gasteiger partial charge in [0.15, 0.2) is 0 Å². The highest BCUT2D eigenvalue weighted by Gasteiger charge is 2.25. The van der Waals surface area contributed by atoms with Crippen LogP contribution < -0.4 is 10.2 Å². The van der Waals surface area contributed by atoms with Crippen molar-refractivity contribution < 1.29 is 9.72 Å². The molecular weight excluding hydrogens is 338 g/mol. The second kappa shape index (κ2) is 6.89. The number of carbonyl (C=O) groups is 1. The summed E-state index contributed by atoms with van der Waals surface area (Å²) in [4.78, 5) is 24.2. The normalized spacial score (nSPS) is 15.8. The van der Waals surface area contributed by atoms with E-state index in [1.54, 1.807) is 19.2 Å². The van der Waals surface area contributed by atoms with Crippen molar-refractivity contribution in [3.63, 3.8) is 0 Å². The number of halogens is 1. The molecule has 0 radical (unpaired) electrons. The highest BCUT2D eigenvalue weighted by molar-refractivity contribution is 9.10. The van der Waals surface area contributed by atoms with E-state index in [4.69, 9.17) is 0 Å². The third-order valence-corrected chi connectivity index (χ3v) is 4.34. The summed E-state index contributed by atoms with van der Waals surface area (Å²) in [7, 11) is 1.64. The van der Waals surface area contributed by atoms with E-state index in [1.165, 1.54) is 6.07 Å². The molecule has 21 heavy (non-hydrogen) atoms. The molecule has 1 heterocycles. The van der Waals surface area contributed by atoms with Gasteiger partial charge in [0, 0.05) is 37.1 Å². The lowest BCUT2D eigenvalue weighted by molar-refractivity contribution is -0.384. The van der Waals surface area contributed by atoms with E-state index in [0.29, 0.717) is 18.0 Å². The van der Waals surface area contributed by atoms with Gasteiger partial charge in [0.05, 0.1) is 4.92 Å². The van der Waals surface area contributed by atoms with Crippen molar-refractivity contribution in [2.45, 2.75) is 19.3 Å². The number of carbonyl (C=O) groups excluding carboxylic acids is 1. The molecule has 0 spiro atoms. The second-order valence-electron chi connectivity index (χ2n) is 5.20. The van der Waals surface area contributed by atoms with Crippen LogP contribution in [0.3, 0.4) is 0 Å². The Labute approximate surface area is 131 Å². The fourth-order valence-corrected chi connectivity index (χ4v) is 3.00. The summed E-state index contributed by atoms with van der Waals surface area (Å²) in [5, 5.41) is 13.8. The molecule has 0 bridgehead atoms. The maximum atomic E-state index is 11.4. The van der Waals surface area contributed by atoms with Gasteiger partial charge < -0.3 is 10.2 Å². The molecule has 1 aromatic carbocycles. The van der Waals surface area contributed by atoms with Crippen LogP contribution in [-0.2, 0) is 4.79 Å². The number of amides is 1. The third kappa shape index (κ3) is 3.93. The number of nitro benzene ring substituents is 1. The summed E-state index contributed by atoms with van der Waals surface area (Å²) < 4.78 is 0.829. The summed E-state index contributed by atoms with van der Waals surface area (Å²) in [5.41, 5.74) is 0.774. The summed E-state index contributed by atoms with van der Waals surface area (Å²) in [6.07, 6.45) is 2.28. The van der Waals surface area contributed by atoms with Gasteiger partial charge in [-0.2, -0.15) is 0 Å². The number of hydrogen-bond donors (Lipinski definition) is 1. The van der Waals surface area contributed by atoms with Crippen LogP contribution in [0.5, 0.6) is 0 Å². The first-order valence-electron chi connectivity index (χ1n) is 6.90. The highest BCUT2D eigenvalue weighted by Crippen LogP contribution is 2.34. The van der Waals surface area contributed by atoms with Gasteiger partial charge in [-0.15, -0.1) is 0 Å². The molecule has 0 atom stereocenters. The maximum absolute atomic E-state index is 11.4. The lowest BCUT2D eigenvalue weighted by atomic mass is 9.93. The first-order chi connectivity index (χ1) is 10.0. The number of benzene rings is 1. The molecule has 0 saturated carbocycles. The lowest BCUT2D eigenvalue weighted by Crippen LogP contribution is -2.35. The Morgan fingerprint density at radius 2 is 2.14 bits per heavy atom. The van der Waals surface area contributed by atoms with Crippen molar-refractivity contribution in [1.82, 2.24) is 5.32 Å². The predicted octanol–water partition coefficient (Wildman–Crippen LogP) is 2.71. The first-order valence-corrected chi connectivity index (χ1v) is 7.70. The largest absolute Gasteiger partial charge is 0.366 e. The summed E-state index contributed by atoms with van der Waals surface area (Å²) in [6, 6.07) is 4.99. The van der Waals surface area contributed by atoms with Crippen LogP contribution in [0.1, 0.15) is 19.3 Å². The molecule has 1 fully saturated rings.